The van der Waals surface area contributed by atoms with E-state index < -0.39 is 0 Å². The summed E-state index contributed by atoms with van der Waals surface area (Å²) in [5, 5.41) is 19.6. The van der Waals surface area contributed by atoms with Gasteiger partial charge < -0.3 is 9.13 Å². The molecule has 0 N–H and O–H groups in total. The van der Waals surface area contributed by atoms with Gasteiger partial charge in [-0.3, -0.25) is 0 Å². The third kappa shape index (κ3) is 3.88. The van der Waals surface area contributed by atoms with Crippen LogP contribution in [0.5, 0.6) is 0 Å². The molecule has 11 aromatic rings. The zero-order valence-electron chi connectivity index (χ0n) is 31.4. The Hall–Kier alpha value is -7.86. The lowest BCUT2D eigenvalue weighted by atomic mass is 9.31. The SMILES string of the molecule is [C-]#[N+]c1ccc(-n2c3ccccc3c3cc4c5c(cccc5c32)-c2cc(C)cc3c2B4c2cc4c5ccccc5n(-c5ccc(C#N)cc5)c4c4cccc-3c24)cc1. The van der Waals surface area contributed by atoms with E-state index in [1.54, 1.807) is 0 Å². The number of aryl methyl sites for hydroxylation is 1. The van der Waals surface area contributed by atoms with Gasteiger partial charge in [0, 0.05) is 43.7 Å². The van der Waals surface area contributed by atoms with Crippen molar-refractivity contribution in [1.82, 2.24) is 9.13 Å². The average Bonchev–Trinajstić information content (AvgIpc) is 3.79. The van der Waals surface area contributed by atoms with Crippen molar-refractivity contribution in [3.63, 3.8) is 0 Å². The molecule has 0 bridgehead atoms. The molecule has 5 heteroatoms. The lowest BCUT2D eigenvalue weighted by molar-refractivity contribution is 1.18. The van der Waals surface area contributed by atoms with Crippen LogP contribution in [0.4, 0.5) is 5.69 Å². The molecule has 0 unspecified atom stereocenters. The number of fused-ring (bicyclic) bond motifs is 12. The maximum atomic E-state index is 9.64. The van der Waals surface area contributed by atoms with Gasteiger partial charge >= 0.3 is 0 Å². The first-order valence-electron chi connectivity index (χ1n) is 19.7. The maximum Gasteiger partial charge on any atom is 0.244 e. The van der Waals surface area contributed by atoms with E-state index >= 15 is 0 Å². The number of hydrogen-bond acceptors (Lipinski definition) is 1. The van der Waals surface area contributed by atoms with Crippen LogP contribution >= 0.6 is 0 Å². The Morgan fingerprint density at radius 3 is 1.50 bits per heavy atom. The molecule has 264 valence electrons. The molecule has 13 rings (SSSR count). The normalized spacial score (nSPS) is 12.5. The van der Waals surface area contributed by atoms with Gasteiger partial charge in [0.2, 0.25) is 6.71 Å². The van der Waals surface area contributed by atoms with Gasteiger partial charge in [-0.15, -0.1) is 0 Å². The second kappa shape index (κ2) is 11.1. The highest BCUT2D eigenvalue weighted by Crippen LogP contribution is 2.45. The minimum Gasteiger partial charge on any atom is -0.309 e. The van der Waals surface area contributed by atoms with Gasteiger partial charge in [-0.2, -0.15) is 5.26 Å². The molecule has 4 heterocycles. The first-order valence-corrected chi connectivity index (χ1v) is 19.7. The average molecular weight is 733 g/mol. The number of aromatic nitrogens is 2. The van der Waals surface area contributed by atoms with Crippen molar-refractivity contribution in [3.05, 3.63) is 180 Å². The van der Waals surface area contributed by atoms with E-state index in [4.69, 9.17) is 6.57 Å². The van der Waals surface area contributed by atoms with E-state index in [9.17, 15) is 5.26 Å². The molecule has 0 saturated carbocycles. The van der Waals surface area contributed by atoms with Gasteiger partial charge in [0.15, 0.2) is 5.69 Å². The highest BCUT2D eigenvalue weighted by Gasteiger charge is 2.40. The Morgan fingerprint density at radius 1 is 0.517 bits per heavy atom. The Kier molecular flexibility index (Phi) is 6.02. The van der Waals surface area contributed by atoms with Crippen molar-refractivity contribution in [2.75, 3.05) is 0 Å². The Balaban J connectivity index is 1.20. The van der Waals surface area contributed by atoms with Crippen LogP contribution in [0.1, 0.15) is 11.1 Å². The lowest BCUT2D eigenvalue weighted by Crippen LogP contribution is -2.57. The molecular formula is C53H29BN4. The molecule has 9 aromatic carbocycles. The molecule has 0 spiro atoms. The number of hydrogen-bond donors (Lipinski definition) is 0. The van der Waals surface area contributed by atoms with Crippen molar-refractivity contribution in [3.8, 4) is 39.7 Å². The highest BCUT2D eigenvalue weighted by atomic mass is 15.0. The molecule has 2 aliphatic heterocycles. The Labute approximate surface area is 333 Å². The zero-order chi connectivity index (χ0) is 38.4. The highest BCUT2D eigenvalue weighted by molar-refractivity contribution is 7.01. The molecule has 0 atom stereocenters. The summed E-state index contributed by atoms with van der Waals surface area (Å²) in [6.07, 6.45) is 0. The predicted octanol–water partition coefficient (Wildman–Crippen LogP) is 11.4. The standard InChI is InChI=1S/C53H29BN4/c1-30-25-41-37-11-7-13-39-49(37)45(27-43-35-9-3-5-15-47(35)57(52(39)43)33-21-17-31(29-55)18-22-33)54-46-28-44-36-10-4-6-16-48(36)58(34-23-19-32(56-2)20-24-34)53(44)40-14-8-12-38(50(40)46)42(26-30)51(41)54/h3-28H,1H3. The van der Waals surface area contributed by atoms with Crippen molar-refractivity contribution in [2.24, 2.45) is 0 Å². The molecule has 0 radical (unpaired) electrons. The quantitative estimate of drug-likeness (QED) is 0.129. The van der Waals surface area contributed by atoms with Gasteiger partial charge in [0.05, 0.1) is 40.3 Å². The van der Waals surface area contributed by atoms with Crippen LogP contribution in [0.25, 0.3) is 104 Å². The van der Waals surface area contributed by atoms with Crippen LogP contribution in [0, 0.1) is 24.8 Å². The number of nitrogens with zero attached hydrogens (tertiary/aromatic N) is 4. The molecule has 0 amide bonds. The van der Waals surface area contributed by atoms with Crippen molar-refractivity contribution >= 4 is 93.9 Å². The van der Waals surface area contributed by atoms with Crippen LogP contribution in [-0.2, 0) is 0 Å². The summed E-state index contributed by atoms with van der Waals surface area (Å²) in [4.78, 5) is 3.69. The smallest absolute Gasteiger partial charge is 0.244 e. The summed E-state index contributed by atoms with van der Waals surface area (Å²) >= 11 is 0. The van der Waals surface area contributed by atoms with Crippen LogP contribution in [0.2, 0.25) is 0 Å². The van der Waals surface area contributed by atoms with Gasteiger partial charge in [-0.1, -0.05) is 126 Å². The van der Waals surface area contributed by atoms with E-state index in [0.29, 0.717) is 11.3 Å². The number of rotatable bonds is 2. The van der Waals surface area contributed by atoms with E-state index in [-0.39, 0.29) is 6.71 Å². The number of benzene rings is 9. The lowest BCUT2D eigenvalue weighted by Gasteiger charge is -2.35. The third-order valence-corrected chi connectivity index (χ3v) is 13.0. The molecule has 2 aliphatic rings. The summed E-state index contributed by atoms with van der Waals surface area (Å²) in [5.74, 6) is 0. The van der Waals surface area contributed by atoms with Crippen LogP contribution in [0.15, 0.2) is 158 Å². The largest absolute Gasteiger partial charge is 0.309 e. The Bertz CT molecular complexity index is 3510. The van der Waals surface area contributed by atoms with Gasteiger partial charge in [0.1, 0.15) is 0 Å². The van der Waals surface area contributed by atoms with Gasteiger partial charge in [-0.25, -0.2) is 4.85 Å². The zero-order valence-corrected chi connectivity index (χ0v) is 31.4. The van der Waals surface area contributed by atoms with Crippen molar-refractivity contribution in [2.45, 2.75) is 6.92 Å². The van der Waals surface area contributed by atoms with Crippen LogP contribution in [-0.4, -0.2) is 15.8 Å². The molecular weight excluding hydrogens is 703 g/mol. The molecule has 58 heavy (non-hydrogen) atoms. The minimum atomic E-state index is 0.00582. The van der Waals surface area contributed by atoms with E-state index in [2.05, 4.69) is 160 Å². The van der Waals surface area contributed by atoms with Crippen molar-refractivity contribution < 1.29 is 0 Å². The predicted molar refractivity (Wildman–Crippen MR) is 241 cm³/mol. The summed E-state index contributed by atoms with van der Waals surface area (Å²) < 4.78 is 4.79. The topological polar surface area (TPSA) is 38.0 Å². The summed E-state index contributed by atoms with van der Waals surface area (Å²) in [5.41, 5.74) is 18.5. The van der Waals surface area contributed by atoms with E-state index in [1.165, 1.54) is 98.3 Å². The number of para-hydroxylation sites is 2. The fraction of sp³-hybridized carbons (Fsp3) is 0.0189. The summed E-state index contributed by atoms with van der Waals surface area (Å²) in [7, 11) is 0. The van der Waals surface area contributed by atoms with Crippen LogP contribution in [0.3, 0.4) is 0 Å². The molecule has 4 nitrogen and oxygen atoms in total. The fourth-order valence-corrected chi connectivity index (χ4v) is 10.8. The summed E-state index contributed by atoms with van der Waals surface area (Å²) in [6.45, 7) is 9.84. The van der Waals surface area contributed by atoms with Gasteiger partial charge in [0.25, 0.3) is 0 Å². The van der Waals surface area contributed by atoms with E-state index in [1.807, 2.05) is 24.3 Å². The minimum absolute atomic E-state index is 0.00582. The number of nitriles is 1. The van der Waals surface area contributed by atoms with E-state index in [0.717, 1.165) is 22.4 Å². The Morgan fingerprint density at radius 2 is 1.00 bits per heavy atom. The maximum absolute atomic E-state index is 9.64. The summed E-state index contributed by atoms with van der Waals surface area (Å²) in [6, 6.07) is 59.4. The molecule has 0 aliphatic carbocycles. The monoisotopic (exact) mass is 732 g/mol. The van der Waals surface area contributed by atoms with Gasteiger partial charge in [-0.05, 0) is 94.0 Å². The van der Waals surface area contributed by atoms with Crippen LogP contribution < -0.4 is 16.4 Å². The third-order valence-electron chi connectivity index (χ3n) is 13.0. The first-order chi connectivity index (χ1) is 28.6. The second-order valence-corrected chi connectivity index (χ2v) is 15.9. The fourth-order valence-electron chi connectivity index (χ4n) is 10.8. The first kappa shape index (κ1) is 31.4. The van der Waals surface area contributed by atoms with Crippen molar-refractivity contribution in [1.29, 1.82) is 5.26 Å². The molecule has 0 saturated heterocycles. The molecule has 0 fully saturated rings. The molecule has 2 aromatic heterocycles. The second-order valence-electron chi connectivity index (χ2n) is 15.9.